The van der Waals surface area contributed by atoms with Gasteiger partial charge in [-0.15, -0.1) is 0 Å². The molecule has 1 fully saturated rings. The first kappa shape index (κ1) is 24.4. The van der Waals surface area contributed by atoms with Crippen molar-refractivity contribution in [3.05, 3.63) is 87.2 Å². The fourth-order valence-electron chi connectivity index (χ4n) is 4.21. The second kappa shape index (κ2) is 10.7. The topological polar surface area (TPSA) is 122 Å². The van der Waals surface area contributed by atoms with E-state index in [-0.39, 0.29) is 28.6 Å². The van der Waals surface area contributed by atoms with Crippen LogP contribution in [0.2, 0.25) is 5.02 Å². The minimum absolute atomic E-state index is 0.00279. The number of hydrogen-bond acceptors (Lipinski definition) is 6. The highest BCUT2D eigenvalue weighted by molar-refractivity contribution is 6.32. The zero-order chi connectivity index (χ0) is 24.9. The number of rotatable bonds is 7. The number of nitro groups is 1. The Labute approximate surface area is 207 Å². The maximum Gasteiger partial charge on any atom is 0.289 e. The van der Waals surface area contributed by atoms with Gasteiger partial charge in [0.1, 0.15) is 11.1 Å². The van der Waals surface area contributed by atoms with Crippen molar-refractivity contribution in [1.29, 1.82) is 0 Å². The van der Waals surface area contributed by atoms with Crippen LogP contribution >= 0.6 is 11.6 Å². The standard InChI is InChI=1S/C24H25ClN6O4/c1-29-15-17(14-26-29)23(32)27-18-9-11-30(12-10-18)22(16-5-3-2-4-6-16)24(33)28-19-7-8-20(25)21(13-19)31(34)35/h2-8,13-15,18,22H,9-12H2,1H3,(H,27,32)(H,28,33). The Balaban J connectivity index is 1.46. The second-order valence-electron chi connectivity index (χ2n) is 8.41. The smallest absolute Gasteiger partial charge is 0.289 e. The number of nitrogens with one attached hydrogen (secondary N) is 2. The molecule has 4 rings (SSSR count). The van der Waals surface area contributed by atoms with E-state index in [1.54, 1.807) is 17.9 Å². The number of aromatic nitrogens is 2. The summed E-state index contributed by atoms with van der Waals surface area (Å²) in [5, 5.41) is 21.1. The zero-order valence-electron chi connectivity index (χ0n) is 19.1. The molecule has 1 atom stereocenters. The van der Waals surface area contributed by atoms with E-state index >= 15 is 0 Å². The SMILES string of the molecule is Cn1cc(C(=O)NC2CCN(C(C(=O)Nc3ccc(Cl)c([N+](=O)[O-])c3)c3ccccc3)CC2)cn1. The summed E-state index contributed by atoms with van der Waals surface area (Å²) in [4.78, 5) is 38.6. The van der Waals surface area contributed by atoms with Crippen molar-refractivity contribution in [3.8, 4) is 0 Å². The minimum atomic E-state index is -0.596. The first-order valence-electron chi connectivity index (χ1n) is 11.1. The van der Waals surface area contributed by atoms with E-state index in [1.165, 1.54) is 24.4 Å². The number of carbonyl (C=O) groups excluding carboxylic acids is 2. The maximum absolute atomic E-state index is 13.4. The zero-order valence-corrected chi connectivity index (χ0v) is 19.8. The molecule has 3 aromatic rings. The number of amides is 2. The maximum atomic E-state index is 13.4. The van der Waals surface area contributed by atoms with E-state index in [0.29, 0.717) is 37.2 Å². The average molecular weight is 497 g/mol. The molecule has 10 nitrogen and oxygen atoms in total. The van der Waals surface area contributed by atoms with Gasteiger partial charge in [0, 0.05) is 44.1 Å². The molecule has 11 heteroatoms. The lowest BCUT2D eigenvalue weighted by Gasteiger charge is -2.37. The molecule has 1 saturated heterocycles. The van der Waals surface area contributed by atoms with E-state index in [4.69, 9.17) is 11.6 Å². The first-order valence-corrected chi connectivity index (χ1v) is 11.5. The summed E-state index contributed by atoms with van der Waals surface area (Å²) < 4.78 is 1.58. The van der Waals surface area contributed by atoms with Gasteiger partial charge in [-0.3, -0.25) is 29.3 Å². The number of nitrogens with zero attached hydrogens (tertiary/aromatic N) is 4. The third kappa shape index (κ3) is 5.84. The Morgan fingerprint density at radius 1 is 1.17 bits per heavy atom. The van der Waals surface area contributed by atoms with Gasteiger partial charge in [0.15, 0.2) is 0 Å². The monoisotopic (exact) mass is 496 g/mol. The third-order valence-corrected chi connectivity index (χ3v) is 6.29. The van der Waals surface area contributed by atoms with Gasteiger partial charge in [0.25, 0.3) is 11.6 Å². The molecular formula is C24H25ClN6O4. The molecule has 1 aliphatic rings. The molecular weight excluding hydrogens is 472 g/mol. The van der Waals surface area contributed by atoms with Crippen molar-refractivity contribution >= 4 is 34.8 Å². The molecule has 2 aromatic carbocycles. The number of benzene rings is 2. The van der Waals surface area contributed by atoms with Gasteiger partial charge in [0.05, 0.1) is 16.7 Å². The van der Waals surface area contributed by atoms with Gasteiger partial charge >= 0.3 is 0 Å². The highest BCUT2D eigenvalue weighted by atomic mass is 35.5. The van der Waals surface area contributed by atoms with E-state index in [0.717, 1.165) is 5.56 Å². The summed E-state index contributed by atoms with van der Waals surface area (Å²) in [5.41, 5.74) is 1.34. The number of nitro benzene ring substituents is 1. The van der Waals surface area contributed by atoms with E-state index in [2.05, 4.69) is 20.6 Å². The molecule has 1 unspecified atom stereocenters. The van der Waals surface area contributed by atoms with E-state index in [9.17, 15) is 19.7 Å². The van der Waals surface area contributed by atoms with Gasteiger partial charge in [-0.25, -0.2) is 0 Å². The first-order chi connectivity index (χ1) is 16.8. The van der Waals surface area contributed by atoms with Crippen LogP contribution in [0.4, 0.5) is 11.4 Å². The van der Waals surface area contributed by atoms with Crippen LogP contribution in [0.3, 0.4) is 0 Å². The Morgan fingerprint density at radius 3 is 2.51 bits per heavy atom. The van der Waals surface area contributed by atoms with Gasteiger partial charge in [-0.1, -0.05) is 41.9 Å². The molecule has 1 aromatic heterocycles. The summed E-state index contributed by atoms with van der Waals surface area (Å²) in [7, 11) is 1.76. The van der Waals surface area contributed by atoms with Crippen molar-refractivity contribution in [3.63, 3.8) is 0 Å². The van der Waals surface area contributed by atoms with Gasteiger partial charge in [-0.05, 0) is 30.5 Å². The van der Waals surface area contributed by atoms with Crippen molar-refractivity contribution in [2.75, 3.05) is 18.4 Å². The van der Waals surface area contributed by atoms with Gasteiger partial charge < -0.3 is 10.6 Å². The van der Waals surface area contributed by atoms with Crippen LogP contribution in [-0.4, -0.2) is 50.5 Å². The highest BCUT2D eigenvalue weighted by Crippen LogP contribution is 2.30. The molecule has 0 aliphatic carbocycles. The van der Waals surface area contributed by atoms with Crippen molar-refractivity contribution < 1.29 is 14.5 Å². The normalized spacial score (nSPS) is 15.4. The molecule has 2 N–H and O–H groups in total. The fourth-order valence-corrected chi connectivity index (χ4v) is 4.40. The van der Waals surface area contributed by atoms with Gasteiger partial charge in [0.2, 0.25) is 5.91 Å². The number of hydrogen-bond donors (Lipinski definition) is 2. The summed E-state index contributed by atoms with van der Waals surface area (Å²) in [6.07, 6.45) is 4.55. The molecule has 1 aliphatic heterocycles. The fraction of sp³-hybridized carbons (Fsp3) is 0.292. The second-order valence-corrected chi connectivity index (χ2v) is 8.82. The summed E-state index contributed by atoms with van der Waals surface area (Å²) in [6.45, 7) is 1.18. The number of aryl methyl sites for hydroxylation is 1. The molecule has 2 heterocycles. The van der Waals surface area contributed by atoms with Crippen LogP contribution in [0.1, 0.15) is 34.8 Å². The predicted octanol–water partition coefficient (Wildman–Crippen LogP) is 3.56. The van der Waals surface area contributed by atoms with Crippen LogP contribution < -0.4 is 10.6 Å². The van der Waals surface area contributed by atoms with Gasteiger partial charge in [-0.2, -0.15) is 5.10 Å². The Hall–Kier alpha value is -3.76. The largest absolute Gasteiger partial charge is 0.349 e. The Kier molecular flexibility index (Phi) is 7.42. The van der Waals surface area contributed by atoms with Crippen LogP contribution in [-0.2, 0) is 11.8 Å². The highest BCUT2D eigenvalue weighted by Gasteiger charge is 2.32. The summed E-state index contributed by atoms with van der Waals surface area (Å²) in [6, 6.07) is 12.9. The number of halogens is 1. The predicted molar refractivity (Wildman–Crippen MR) is 131 cm³/mol. The lowest BCUT2D eigenvalue weighted by atomic mass is 9.98. The van der Waals surface area contributed by atoms with Crippen LogP contribution in [0.25, 0.3) is 0 Å². The molecule has 0 spiro atoms. The Bertz CT molecular complexity index is 1220. The lowest BCUT2D eigenvalue weighted by Crippen LogP contribution is -2.47. The number of carbonyl (C=O) groups is 2. The molecule has 0 radical (unpaired) electrons. The van der Waals surface area contributed by atoms with E-state index < -0.39 is 11.0 Å². The number of likely N-dealkylation sites (tertiary alicyclic amines) is 1. The van der Waals surface area contributed by atoms with Crippen molar-refractivity contribution in [2.24, 2.45) is 7.05 Å². The molecule has 182 valence electrons. The summed E-state index contributed by atoms with van der Waals surface area (Å²) in [5.74, 6) is -0.469. The van der Waals surface area contributed by atoms with Crippen molar-refractivity contribution in [1.82, 2.24) is 20.0 Å². The number of anilines is 1. The van der Waals surface area contributed by atoms with E-state index in [1.807, 2.05) is 30.3 Å². The lowest BCUT2D eigenvalue weighted by molar-refractivity contribution is -0.384. The third-order valence-electron chi connectivity index (χ3n) is 5.97. The number of piperidine rings is 1. The van der Waals surface area contributed by atoms with Crippen LogP contribution in [0.5, 0.6) is 0 Å². The molecule has 2 amide bonds. The quantitative estimate of drug-likeness (QED) is 0.381. The molecule has 0 bridgehead atoms. The Morgan fingerprint density at radius 2 is 1.89 bits per heavy atom. The molecule has 35 heavy (non-hydrogen) atoms. The van der Waals surface area contributed by atoms with Crippen LogP contribution in [0.15, 0.2) is 60.9 Å². The minimum Gasteiger partial charge on any atom is -0.349 e. The molecule has 0 saturated carbocycles. The average Bonchev–Trinajstić information content (AvgIpc) is 3.28. The van der Waals surface area contributed by atoms with Crippen molar-refractivity contribution in [2.45, 2.75) is 24.9 Å². The summed E-state index contributed by atoms with van der Waals surface area (Å²) >= 11 is 5.90. The van der Waals surface area contributed by atoms with Crippen LogP contribution in [0, 0.1) is 10.1 Å².